The van der Waals surface area contributed by atoms with Crippen molar-refractivity contribution in [3.05, 3.63) is 59.2 Å². The molecule has 2 aromatic rings. The SMILES string of the molecule is COc1ccc(C[NH+]2CCN(C(=O)CSc3ccc(C)c(C)c3)CC2)cc1. The molecule has 2 aromatic carbocycles. The fourth-order valence-corrected chi connectivity index (χ4v) is 4.22. The molecule has 0 spiro atoms. The number of aryl methyl sites for hydroxylation is 2. The lowest BCUT2D eigenvalue weighted by Crippen LogP contribution is -3.13. The molecule has 0 unspecified atom stereocenters. The van der Waals surface area contributed by atoms with Gasteiger partial charge in [0.1, 0.15) is 12.3 Å². The molecule has 1 amide bonds. The van der Waals surface area contributed by atoms with Crippen molar-refractivity contribution < 1.29 is 14.4 Å². The van der Waals surface area contributed by atoms with E-state index in [9.17, 15) is 4.79 Å². The number of carbonyl (C=O) groups excluding carboxylic acids is 1. The van der Waals surface area contributed by atoms with Gasteiger partial charge in [-0.2, -0.15) is 0 Å². The standard InChI is InChI=1S/C22H28N2O2S/c1-17-4-9-21(14-18(17)2)27-16-22(25)24-12-10-23(11-13-24)15-19-5-7-20(26-3)8-6-19/h4-9,14H,10-13,15-16H2,1-3H3/p+1. The van der Waals surface area contributed by atoms with Crippen LogP contribution in [0.25, 0.3) is 0 Å². The van der Waals surface area contributed by atoms with E-state index in [1.807, 2.05) is 17.0 Å². The Morgan fingerprint density at radius 3 is 2.41 bits per heavy atom. The minimum atomic E-state index is 0.252. The molecular formula is C22H29N2O2S+. The van der Waals surface area contributed by atoms with E-state index in [2.05, 4.69) is 44.2 Å². The van der Waals surface area contributed by atoms with Crippen LogP contribution in [0.15, 0.2) is 47.4 Å². The predicted octanol–water partition coefficient (Wildman–Crippen LogP) is 2.33. The maximum Gasteiger partial charge on any atom is 0.233 e. The fraction of sp³-hybridized carbons (Fsp3) is 0.409. The van der Waals surface area contributed by atoms with Crippen molar-refractivity contribution in [3.8, 4) is 5.75 Å². The summed E-state index contributed by atoms with van der Waals surface area (Å²) < 4.78 is 5.21. The zero-order valence-electron chi connectivity index (χ0n) is 16.5. The third-order valence-electron chi connectivity index (χ3n) is 5.28. The summed E-state index contributed by atoms with van der Waals surface area (Å²) in [6.45, 7) is 8.94. The molecule has 1 N–H and O–H groups in total. The van der Waals surface area contributed by atoms with E-state index in [1.54, 1.807) is 18.9 Å². The molecule has 4 nitrogen and oxygen atoms in total. The molecule has 1 heterocycles. The lowest BCUT2D eigenvalue weighted by atomic mass is 10.1. The third kappa shape index (κ3) is 5.50. The van der Waals surface area contributed by atoms with Gasteiger partial charge in [0.05, 0.1) is 39.0 Å². The van der Waals surface area contributed by atoms with Crippen LogP contribution in [0, 0.1) is 13.8 Å². The van der Waals surface area contributed by atoms with Crippen LogP contribution in [-0.4, -0.2) is 49.8 Å². The maximum atomic E-state index is 12.5. The molecule has 0 aliphatic carbocycles. The molecule has 0 atom stereocenters. The van der Waals surface area contributed by atoms with Gasteiger partial charge in [0.2, 0.25) is 5.91 Å². The van der Waals surface area contributed by atoms with Gasteiger partial charge in [0.15, 0.2) is 0 Å². The molecule has 0 aromatic heterocycles. The third-order valence-corrected chi connectivity index (χ3v) is 6.26. The number of rotatable bonds is 6. The molecule has 5 heteroatoms. The summed E-state index contributed by atoms with van der Waals surface area (Å²) in [5.41, 5.74) is 3.89. The van der Waals surface area contributed by atoms with Crippen molar-refractivity contribution in [2.45, 2.75) is 25.3 Å². The minimum absolute atomic E-state index is 0.252. The van der Waals surface area contributed by atoms with Crippen LogP contribution in [0.3, 0.4) is 0 Å². The quantitative estimate of drug-likeness (QED) is 0.775. The molecule has 0 saturated carbocycles. The zero-order valence-corrected chi connectivity index (χ0v) is 17.3. The van der Waals surface area contributed by atoms with Crippen LogP contribution < -0.4 is 9.64 Å². The second-order valence-corrected chi connectivity index (χ2v) is 8.24. The van der Waals surface area contributed by atoms with Crippen LogP contribution >= 0.6 is 11.8 Å². The number of benzene rings is 2. The first kappa shape index (κ1) is 19.8. The van der Waals surface area contributed by atoms with E-state index in [1.165, 1.54) is 26.5 Å². The Labute approximate surface area is 166 Å². The van der Waals surface area contributed by atoms with E-state index in [0.717, 1.165) is 38.5 Å². The summed E-state index contributed by atoms with van der Waals surface area (Å²) in [5.74, 6) is 1.67. The fourth-order valence-electron chi connectivity index (χ4n) is 3.32. The van der Waals surface area contributed by atoms with Crippen molar-refractivity contribution in [1.82, 2.24) is 4.90 Å². The molecule has 3 rings (SSSR count). The molecule has 1 aliphatic heterocycles. The van der Waals surface area contributed by atoms with E-state index in [4.69, 9.17) is 4.74 Å². The topological polar surface area (TPSA) is 34.0 Å². The van der Waals surface area contributed by atoms with Crippen LogP contribution in [0.4, 0.5) is 0 Å². The Bertz CT molecular complexity index is 768. The summed E-state index contributed by atoms with van der Waals surface area (Å²) in [6.07, 6.45) is 0. The molecule has 0 radical (unpaired) electrons. The summed E-state index contributed by atoms with van der Waals surface area (Å²) in [5, 5.41) is 0. The molecule has 0 bridgehead atoms. The van der Waals surface area contributed by atoms with Gasteiger partial charge in [-0.05, 0) is 61.4 Å². The largest absolute Gasteiger partial charge is 0.497 e. The molecule has 1 aliphatic rings. The van der Waals surface area contributed by atoms with Gasteiger partial charge in [-0.3, -0.25) is 4.79 Å². The maximum absolute atomic E-state index is 12.5. The molecule has 144 valence electrons. The lowest BCUT2D eigenvalue weighted by molar-refractivity contribution is -0.917. The van der Waals surface area contributed by atoms with Crippen molar-refractivity contribution in [2.24, 2.45) is 0 Å². The smallest absolute Gasteiger partial charge is 0.233 e. The van der Waals surface area contributed by atoms with Crippen LogP contribution in [-0.2, 0) is 11.3 Å². The van der Waals surface area contributed by atoms with Gasteiger partial charge in [-0.1, -0.05) is 6.07 Å². The minimum Gasteiger partial charge on any atom is -0.497 e. The second kappa shape index (κ2) is 9.29. The Morgan fingerprint density at radius 1 is 1.07 bits per heavy atom. The first-order chi connectivity index (χ1) is 13.0. The highest BCUT2D eigenvalue weighted by Gasteiger charge is 2.23. The van der Waals surface area contributed by atoms with E-state index < -0.39 is 0 Å². The Kier molecular flexibility index (Phi) is 6.80. The average molecular weight is 386 g/mol. The highest BCUT2D eigenvalue weighted by Crippen LogP contribution is 2.21. The number of hydrogen-bond acceptors (Lipinski definition) is 3. The average Bonchev–Trinajstić information content (AvgIpc) is 2.70. The number of piperazine rings is 1. The van der Waals surface area contributed by atoms with Crippen LogP contribution in [0.1, 0.15) is 16.7 Å². The monoisotopic (exact) mass is 385 g/mol. The van der Waals surface area contributed by atoms with Crippen molar-refractivity contribution in [1.29, 1.82) is 0 Å². The van der Waals surface area contributed by atoms with Gasteiger partial charge in [-0.15, -0.1) is 11.8 Å². The number of amides is 1. The number of thioether (sulfide) groups is 1. The summed E-state index contributed by atoms with van der Waals surface area (Å²) in [6, 6.07) is 14.7. The first-order valence-electron chi connectivity index (χ1n) is 9.49. The summed E-state index contributed by atoms with van der Waals surface area (Å²) in [4.78, 5) is 17.3. The van der Waals surface area contributed by atoms with Crippen LogP contribution in [0.5, 0.6) is 5.75 Å². The highest BCUT2D eigenvalue weighted by atomic mass is 32.2. The predicted molar refractivity (Wildman–Crippen MR) is 111 cm³/mol. The van der Waals surface area contributed by atoms with Gasteiger partial charge < -0.3 is 14.5 Å². The van der Waals surface area contributed by atoms with Crippen molar-refractivity contribution in [2.75, 3.05) is 39.0 Å². The van der Waals surface area contributed by atoms with Gasteiger partial charge in [-0.25, -0.2) is 0 Å². The Morgan fingerprint density at radius 2 is 1.78 bits per heavy atom. The highest BCUT2D eigenvalue weighted by molar-refractivity contribution is 8.00. The van der Waals surface area contributed by atoms with E-state index in [-0.39, 0.29) is 5.91 Å². The van der Waals surface area contributed by atoms with Gasteiger partial charge in [0, 0.05) is 10.5 Å². The summed E-state index contributed by atoms with van der Waals surface area (Å²) >= 11 is 1.64. The van der Waals surface area contributed by atoms with Crippen molar-refractivity contribution in [3.63, 3.8) is 0 Å². The van der Waals surface area contributed by atoms with Gasteiger partial charge >= 0.3 is 0 Å². The van der Waals surface area contributed by atoms with E-state index >= 15 is 0 Å². The number of hydrogen-bond donors (Lipinski definition) is 1. The first-order valence-corrected chi connectivity index (χ1v) is 10.5. The normalized spacial score (nSPS) is 15.0. The lowest BCUT2D eigenvalue weighted by Gasteiger charge is -2.32. The summed E-state index contributed by atoms with van der Waals surface area (Å²) in [7, 11) is 1.69. The van der Waals surface area contributed by atoms with Crippen molar-refractivity contribution >= 4 is 17.7 Å². The number of nitrogens with one attached hydrogen (secondary N) is 1. The Hall–Kier alpha value is -1.98. The molecule has 27 heavy (non-hydrogen) atoms. The second-order valence-electron chi connectivity index (χ2n) is 7.19. The Balaban J connectivity index is 1.43. The number of quaternary nitrogens is 1. The number of carbonyl (C=O) groups is 1. The van der Waals surface area contributed by atoms with Crippen LogP contribution in [0.2, 0.25) is 0 Å². The van der Waals surface area contributed by atoms with E-state index in [0.29, 0.717) is 5.75 Å². The molecule has 1 saturated heterocycles. The number of nitrogens with zero attached hydrogens (tertiary/aromatic N) is 1. The molecule has 1 fully saturated rings. The zero-order chi connectivity index (χ0) is 19.2. The molecular weight excluding hydrogens is 356 g/mol. The number of ether oxygens (including phenoxy) is 1. The number of methoxy groups -OCH3 is 1. The van der Waals surface area contributed by atoms with Gasteiger partial charge in [0.25, 0.3) is 0 Å².